The number of hydrogen-bond donors (Lipinski definition) is 0. The summed E-state index contributed by atoms with van der Waals surface area (Å²) >= 11 is 0. The summed E-state index contributed by atoms with van der Waals surface area (Å²) in [6.07, 6.45) is 0. The average molecular weight is 178 g/mol. The number of rotatable bonds is 0. The van der Waals surface area contributed by atoms with Crippen LogP contribution in [0.3, 0.4) is 0 Å². The first-order valence-corrected chi connectivity index (χ1v) is 3.94. The smallest absolute Gasteiger partial charge is 0.231 e. The number of carbonyl (C=O) groups is 1. The van der Waals surface area contributed by atoms with Gasteiger partial charge in [-0.3, -0.25) is 4.79 Å². The van der Waals surface area contributed by atoms with Gasteiger partial charge in [0.2, 0.25) is 12.6 Å². The fourth-order valence-corrected chi connectivity index (χ4v) is 1.48. The lowest BCUT2D eigenvalue weighted by Crippen LogP contribution is -1.99. The second-order valence-corrected chi connectivity index (χ2v) is 2.91. The third-order valence-electron chi connectivity index (χ3n) is 2.13. The lowest BCUT2D eigenvalue weighted by molar-refractivity contribution is 0.0960. The molecule has 1 aromatic carbocycles. The second-order valence-electron chi connectivity index (χ2n) is 2.91. The SMILES string of the molecule is O=C1COc2cc3c(cc21)OCO3. The molecule has 0 fully saturated rings. The van der Waals surface area contributed by atoms with Crippen LogP contribution in [0.4, 0.5) is 0 Å². The Labute approximate surface area is 74.0 Å². The van der Waals surface area contributed by atoms with Crippen LogP contribution in [0, 0.1) is 0 Å². The zero-order valence-corrected chi connectivity index (χ0v) is 6.70. The van der Waals surface area contributed by atoms with Crippen molar-refractivity contribution in [3.05, 3.63) is 17.7 Å². The summed E-state index contributed by atoms with van der Waals surface area (Å²) in [5.74, 6) is 1.86. The van der Waals surface area contributed by atoms with Gasteiger partial charge in [0.1, 0.15) is 5.75 Å². The number of ether oxygens (including phenoxy) is 3. The largest absolute Gasteiger partial charge is 0.485 e. The fraction of sp³-hybridized carbons (Fsp3) is 0.222. The Morgan fingerprint density at radius 1 is 1.00 bits per heavy atom. The predicted molar refractivity (Wildman–Crippen MR) is 42.4 cm³/mol. The maximum atomic E-state index is 11.2. The predicted octanol–water partition coefficient (Wildman–Crippen LogP) is 0.990. The normalized spacial score (nSPS) is 17.1. The Hall–Kier alpha value is -1.71. The maximum absolute atomic E-state index is 11.2. The van der Waals surface area contributed by atoms with E-state index in [0.29, 0.717) is 22.8 Å². The van der Waals surface area contributed by atoms with E-state index in [1.54, 1.807) is 12.1 Å². The topological polar surface area (TPSA) is 44.8 Å². The van der Waals surface area contributed by atoms with E-state index in [-0.39, 0.29) is 19.2 Å². The highest BCUT2D eigenvalue weighted by atomic mass is 16.7. The third kappa shape index (κ3) is 0.824. The van der Waals surface area contributed by atoms with E-state index in [2.05, 4.69) is 0 Å². The van der Waals surface area contributed by atoms with Crippen molar-refractivity contribution >= 4 is 5.78 Å². The molecule has 0 amide bonds. The van der Waals surface area contributed by atoms with Crippen LogP contribution in [0.25, 0.3) is 0 Å². The van der Waals surface area contributed by atoms with Crippen LogP contribution in [0.2, 0.25) is 0 Å². The highest BCUT2D eigenvalue weighted by Gasteiger charge is 2.26. The van der Waals surface area contributed by atoms with Gasteiger partial charge >= 0.3 is 0 Å². The van der Waals surface area contributed by atoms with Crippen LogP contribution in [-0.4, -0.2) is 19.2 Å². The van der Waals surface area contributed by atoms with E-state index < -0.39 is 0 Å². The van der Waals surface area contributed by atoms with Gasteiger partial charge in [0, 0.05) is 6.07 Å². The molecule has 2 aliphatic heterocycles. The van der Waals surface area contributed by atoms with E-state index in [0.717, 1.165) is 0 Å². The lowest BCUT2D eigenvalue weighted by atomic mass is 10.1. The zero-order chi connectivity index (χ0) is 8.84. The van der Waals surface area contributed by atoms with E-state index in [1.807, 2.05) is 0 Å². The number of carbonyl (C=O) groups excluding carboxylic acids is 1. The molecule has 0 aliphatic carbocycles. The van der Waals surface area contributed by atoms with Crippen molar-refractivity contribution in [3.8, 4) is 17.2 Å². The van der Waals surface area contributed by atoms with Crippen LogP contribution >= 0.6 is 0 Å². The van der Waals surface area contributed by atoms with Crippen molar-refractivity contribution < 1.29 is 19.0 Å². The van der Waals surface area contributed by atoms with Crippen molar-refractivity contribution in [2.45, 2.75) is 0 Å². The molecule has 0 atom stereocenters. The molecule has 13 heavy (non-hydrogen) atoms. The zero-order valence-electron chi connectivity index (χ0n) is 6.70. The standard InChI is InChI=1S/C9H6O4/c10-6-3-11-7-2-9-8(1-5(6)7)12-4-13-9/h1-2H,3-4H2. The number of benzene rings is 1. The van der Waals surface area contributed by atoms with Crippen LogP contribution < -0.4 is 14.2 Å². The number of Topliss-reactive ketones (excluding diaryl/α,β-unsaturated/α-hetero) is 1. The highest BCUT2D eigenvalue weighted by Crippen LogP contribution is 2.40. The molecule has 0 saturated carbocycles. The Morgan fingerprint density at radius 2 is 1.77 bits per heavy atom. The van der Waals surface area contributed by atoms with Gasteiger partial charge < -0.3 is 14.2 Å². The third-order valence-corrected chi connectivity index (χ3v) is 2.13. The van der Waals surface area contributed by atoms with Crippen molar-refractivity contribution in [3.63, 3.8) is 0 Å². The summed E-state index contributed by atoms with van der Waals surface area (Å²) in [7, 11) is 0. The second kappa shape index (κ2) is 2.16. The van der Waals surface area contributed by atoms with Gasteiger partial charge in [-0.05, 0) is 6.07 Å². The van der Waals surface area contributed by atoms with Crippen molar-refractivity contribution in [2.75, 3.05) is 13.4 Å². The summed E-state index contributed by atoms with van der Waals surface area (Å²) < 4.78 is 15.4. The van der Waals surface area contributed by atoms with Crippen molar-refractivity contribution in [2.24, 2.45) is 0 Å². The van der Waals surface area contributed by atoms with Gasteiger partial charge in [-0.1, -0.05) is 0 Å². The Kier molecular flexibility index (Phi) is 1.12. The first-order valence-electron chi connectivity index (χ1n) is 3.94. The lowest BCUT2D eigenvalue weighted by Gasteiger charge is -1.98. The first kappa shape index (κ1) is 6.77. The Balaban J connectivity index is 2.22. The molecule has 2 heterocycles. The van der Waals surface area contributed by atoms with E-state index >= 15 is 0 Å². The van der Waals surface area contributed by atoms with Gasteiger partial charge in [0.05, 0.1) is 5.56 Å². The number of fused-ring (bicyclic) bond motifs is 2. The quantitative estimate of drug-likeness (QED) is 0.594. The fourth-order valence-electron chi connectivity index (χ4n) is 1.48. The van der Waals surface area contributed by atoms with Gasteiger partial charge in [-0.2, -0.15) is 0 Å². The van der Waals surface area contributed by atoms with Crippen molar-refractivity contribution in [1.82, 2.24) is 0 Å². The summed E-state index contributed by atoms with van der Waals surface area (Å²) in [5, 5.41) is 0. The molecule has 1 aromatic rings. The molecule has 0 N–H and O–H groups in total. The first-order chi connectivity index (χ1) is 6.34. The number of hydrogen-bond acceptors (Lipinski definition) is 4. The molecule has 0 saturated heterocycles. The van der Waals surface area contributed by atoms with E-state index in [4.69, 9.17) is 14.2 Å². The van der Waals surface area contributed by atoms with Gasteiger partial charge in [-0.15, -0.1) is 0 Å². The molecule has 0 radical (unpaired) electrons. The van der Waals surface area contributed by atoms with Crippen LogP contribution in [0.1, 0.15) is 10.4 Å². The van der Waals surface area contributed by atoms with Crippen LogP contribution in [0.5, 0.6) is 17.2 Å². The van der Waals surface area contributed by atoms with Crippen LogP contribution in [-0.2, 0) is 0 Å². The molecule has 3 rings (SSSR count). The minimum Gasteiger partial charge on any atom is -0.485 e. The molecular formula is C9H6O4. The summed E-state index contributed by atoms with van der Waals surface area (Å²) in [5.41, 5.74) is 0.587. The summed E-state index contributed by atoms with van der Waals surface area (Å²) in [4.78, 5) is 11.2. The van der Waals surface area contributed by atoms with E-state index in [9.17, 15) is 4.79 Å². The van der Waals surface area contributed by atoms with Gasteiger partial charge in [-0.25, -0.2) is 0 Å². The molecule has 0 unspecified atom stereocenters. The molecule has 0 spiro atoms. The average Bonchev–Trinajstić information content (AvgIpc) is 2.70. The maximum Gasteiger partial charge on any atom is 0.231 e. The van der Waals surface area contributed by atoms with E-state index in [1.165, 1.54) is 0 Å². The molecule has 4 nitrogen and oxygen atoms in total. The minimum atomic E-state index is -0.00620. The molecular weight excluding hydrogens is 172 g/mol. The Bertz CT molecular complexity index is 397. The van der Waals surface area contributed by atoms with Gasteiger partial charge in [0.15, 0.2) is 18.1 Å². The molecule has 4 heteroatoms. The number of ketones is 1. The summed E-state index contributed by atoms with van der Waals surface area (Å²) in [6.45, 7) is 0.338. The molecule has 0 aromatic heterocycles. The Morgan fingerprint density at radius 3 is 2.62 bits per heavy atom. The molecule has 66 valence electrons. The minimum absolute atomic E-state index is 0.00620. The highest BCUT2D eigenvalue weighted by molar-refractivity contribution is 6.02. The molecule has 0 bridgehead atoms. The molecule has 2 aliphatic rings. The van der Waals surface area contributed by atoms with Crippen molar-refractivity contribution in [1.29, 1.82) is 0 Å². The van der Waals surface area contributed by atoms with Crippen LogP contribution in [0.15, 0.2) is 12.1 Å². The monoisotopic (exact) mass is 178 g/mol. The summed E-state index contributed by atoms with van der Waals surface area (Å²) in [6, 6.07) is 3.37. The van der Waals surface area contributed by atoms with Gasteiger partial charge in [0.25, 0.3) is 0 Å².